The summed E-state index contributed by atoms with van der Waals surface area (Å²) < 4.78 is 10.2. The number of ether oxygens (including phenoxy) is 2. The number of carbonyl (C=O) groups excluding carboxylic acids is 2. The van der Waals surface area contributed by atoms with Gasteiger partial charge in [-0.1, -0.05) is 23.7 Å². The first-order valence-electron chi connectivity index (χ1n) is 7.23. The highest BCUT2D eigenvalue weighted by Gasteiger charge is 2.19. The molecule has 0 saturated heterocycles. The van der Waals surface area contributed by atoms with Gasteiger partial charge in [0.2, 0.25) is 0 Å². The Morgan fingerprint density at radius 2 is 1.96 bits per heavy atom. The average Bonchev–Trinajstić information content (AvgIpc) is 2.60. The van der Waals surface area contributed by atoms with Gasteiger partial charge in [0, 0.05) is 17.8 Å². The maximum atomic E-state index is 12.0. The molecule has 1 N–H and O–H groups in total. The molecule has 0 saturated carbocycles. The minimum absolute atomic E-state index is 0.0531. The molecule has 2 aromatic rings. The summed E-state index contributed by atoms with van der Waals surface area (Å²) in [5, 5.41) is 3.07. The van der Waals surface area contributed by atoms with E-state index in [1.54, 1.807) is 25.3 Å². The molecule has 0 aliphatic rings. The summed E-state index contributed by atoms with van der Waals surface area (Å²) in [6, 6.07) is 10.2. The van der Waals surface area contributed by atoms with Crippen molar-refractivity contribution >= 4 is 23.5 Å². The van der Waals surface area contributed by atoms with Crippen molar-refractivity contribution in [2.75, 3.05) is 7.11 Å². The Bertz CT molecular complexity index is 719. The summed E-state index contributed by atoms with van der Waals surface area (Å²) >= 11 is 5.79. The van der Waals surface area contributed by atoms with E-state index in [9.17, 15) is 9.59 Å². The third-order valence-electron chi connectivity index (χ3n) is 3.21. The number of carbonyl (C=O) groups is 2. The molecule has 0 radical (unpaired) electrons. The highest BCUT2D eigenvalue weighted by atomic mass is 35.5. The minimum atomic E-state index is -0.948. The van der Waals surface area contributed by atoms with Gasteiger partial charge < -0.3 is 14.8 Å². The van der Waals surface area contributed by atoms with Crippen LogP contribution in [0.5, 0.6) is 5.75 Å². The van der Waals surface area contributed by atoms with Crippen molar-refractivity contribution in [3.63, 3.8) is 0 Å². The number of esters is 1. The smallest absolute Gasteiger partial charge is 0.357 e. The van der Waals surface area contributed by atoms with Crippen molar-refractivity contribution in [1.29, 1.82) is 0 Å². The van der Waals surface area contributed by atoms with Crippen LogP contribution in [0.2, 0.25) is 5.02 Å². The average molecular weight is 349 g/mol. The number of halogens is 1. The van der Waals surface area contributed by atoms with Gasteiger partial charge in [0.1, 0.15) is 11.4 Å². The van der Waals surface area contributed by atoms with Crippen molar-refractivity contribution in [3.8, 4) is 5.75 Å². The van der Waals surface area contributed by atoms with Gasteiger partial charge in [0.15, 0.2) is 6.10 Å². The van der Waals surface area contributed by atoms with Crippen molar-refractivity contribution in [3.05, 3.63) is 58.9 Å². The van der Waals surface area contributed by atoms with Gasteiger partial charge in [-0.25, -0.2) is 9.78 Å². The molecular formula is C17H17ClN2O4. The third-order valence-corrected chi connectivity index (χ3v) is 3.45. The van der Waals surface area contributed by atoms with E-state index in [4.69, 9.17) is 21.1 Å². The summed E-state index contributed by atoms with van der Waals surface area (Å²) in [7, 11) is 1.58. The first kappa shape index (κ1) is 17.7. The van der Waals surface area contributed by atoms with Crippen molar-refractivity contribution in [2.45, 2.75) is 19.6 Å². The second-order valence-electron chi connectivity index (χ2n) is 4.97. The first-order valence-corrected chi connectivity index (χ1v) is 7.60. The zero-order valence-electron chi connectivity index (χ0n) is 13.3. The van der Waals surface area contributed by atoms with E-state index in [-0.39, 0.29) is 5.69 Å². The van der Waals surface area contributed by atoms with Crippen LogP contribution in [-0.2, 0) is 16.1 Å². The second kappa shape index (κ2) is 8.31. The number of aromatic nitrogens is 1. The van der Waals surface area contributed by atoms with E-state index in [2.05, 4.69) is 10.3 Å². The van der Waals surface area contributed by atoms with E-state index in [1.807, 2.05) is 12.1 Å². The number of pyridine rings is 1. The summed E-state index contributed by atoms with van der Waals surface area (Å²) in [6.07, 6.45) is 0.449. The van der Waals surface area contributed by atoms with Crippen LogP contribution in [-0.4, -0.2) is 30.1 Å². The van der Waals surface area contributed by atoms with Crippen molar-refractivity contribution in [2.24, 2.45) is 0 Å². The summed E-state index contributed by atoms with van der Waals surface area (Å²) in [5.74, 6) is -0.368. The number of nitrogens with one attached hydrogen (secondary N) is 1. The molecule has 0 unspecified atom stereocenters. The van der Waals surface area contributed by atoms with E-state index in [1.165, 1.54) is 19.2 Å². The van der Waals surface area contributed by atoms with E-state index >= 15 is 0 Å². The molecule has 1 amide bonds. The Kier molecular flexibility index (Phi) is 6.14. The maximum Gasteiger partial charge on any atom is 0.357 e. The molecule has 0 spiro atoms. The van der Waals surface area contributed by atoms with Crippen LogP contribution >= 0.6 is 11.6 Å². The van der Waals surface area contributed by atoms with Gasteiger partial charge >= 0.3 is 5.97 Å². The largest absolute Gasteiger partial charge is 0.497 e. The van der Waals surface area contributed by atoms with Crippen molar-refractivity contribution in [1.82, 2.24) is 10.3 Å². The highest BCUT2D eigenvalue weighted by molar-refractivity contribution is 6.30. The lowest BCUT2D eigenvalue weighted by Crippen LogP contribution is -2.35. The lowest BCUT2D eigenvalue weighted by molar-refractivity contribution is -0.129. The molecule has 0 bridgehead atoms. The molecule has 2 rings (SSSR count). The predicted octanol–water partition coefficient (Wildman–Crippen LogP) is 2.61. The highest BCUT2D eigenvalue weighted by Crippen LogP contribution is 2.12. The van der Waals surface area contributed by atoms with Crippen molar-refractivity contribution < 1.29 is 19.1 Å². The van der Waals surface area contributed by atoms with Crippen LogP contribution < -0.4 is 10.1 Å². The normalized spacial score (nSPS) is 11.5. The number of benzene rings is 1. The fraction of sp³-hybridized carbons (Fsp3) is 0.235. The zero-order chi connectivity index (χ0) is 17.5. The van der Waals surface area contributed by atoms with E-state index in [0.717, 1.165) is 11.3 Å². The van der Waals surface area contributed by atoms with Gasteiger partial charge in [0.05, 0.1) is 7.11 Å². The minimum Gasteiger partial charge on any atom is -0.497 e. The summed E-state index contributed by atoms with van der Waals surface area (Å²) in [6.45, 7) is 1.81. The molecule has 1 heterocycles. The van der Waals surface area contributed by atoms with Crippen LogP contribution in [0, 0.1) is 0 Å². The number of rotatable bonds is 6. The maximum absolute atomic E-state index is 12.0. The Morgan fingerprint density at radius 1 is 1.25 bits per heavy atom. The van der Waals surface area contributed by atoms with Gasteiger partial charge in [-0.2, -0.15) is 0 Å². The number of amides is 1. The lowest BCUT2D eigenvalue weighted by atomic mass is 10.2. The number of hydrogen-bond donors (Lipinski definition) is 1. The number of methoxy groups -OCH3 is 1. The summed E-state index contributed by atoms with van der Waals surface area (Å²) in [4.78, 5) is 27.8. The Morgan fingerprint density at radius 3 is 2.58 bits per heavy atom. The molecule has 24 heavy (non-hydrogen) atoms. The molecule has 1 atom stereocenters. The molecule has 6 nitrogen and oxygen atoms in total. The molecule has 0 aliphatic carbocycles. The quantitative estimate of drug-likeness (QED) is 0.812. The second-order valence-corrected chi connectivity index (χ2v) is 5.41. The molecule has 126 valence electrons. The van der Waals surface area contributed by atoms with Gasteiger partial charge in [-0.05, 0) is 36.8 Å². The fourth-order valence-corrected chi connectivity index (χ4v) is 2.03. The molecule has 1 aromatic carbocycles. The number of hydrogen-bond acceptors (Lipinski definition) is 5. The summed E-state index contributed by atoms with van der Waals surface area (Å²) in [5.41, 5.74) is 0.955. The molecule has 7 heteroatoms. The fourth-order valence-electron chi connectivity index (χ4n) is 1.87. The van der Waals surface area contributed by atoms with Crippen LogP contribution in [0.15, 0.2) is 42.6 Å². The first-order chi connectivity index (χ1) is 11.5. The molecule has 0 aliphatic heterocycles. The zero-order valence-corrected chi connectivity index (χ0v) is 14.0. The van der Waals surface area contributed by atoms with Gasteiger partial charge in [-0.15, -0.1) is 0 Å². The van der Waals surface area contributed by atoms with Crippen LogP contribution in [0.3, 0.4) is 0 Å². The Labute approximate surface area is 144 Å². The van der Waals surface area contributed by atoms with Crippen LogP contribution in [0.4, 0.5) is 0 Å². The Hall–Kier alpha value is -2.60. The molecular weight excluding hydrogens is 332 g/mol. The van der Waals surface area contributed by atoms with Crippen LogP contribution in [0.25, 0.3) is 0 Å². The standard InChI is InChI=1S/C17H17ClN2O4/c1-11(24-17(22)15-9-13(18)7-8-19-15)16(21)20-10-12-3-5-14(23-2)6-4-12/h3-9,11H,10H2,1-2H3,(H,20,21)/t11-/m1/s1. The predicted molar refractivity (Wildman–Crippen MR) is 89.0 cm³/mol. The number of nitrogens with zero attached hydrogens (tertiary/aromatic N) is 1. The molecule has 1 aromatic heterocycles. The third kappa shape index (κ3) is 4.96. The molecule has 0 fully saturated rings. The van der Waals surface area contributed by atoms with Crippen LogP contribution in [0.1, 0.15) is 23.0 Å². The lowest BCUT2D eigenvalue weighted by Gasteiger charge is -2.13. The van der Waals surface area contributed by atoms with Gasteiger partial charge in [-0.3, -0.25) is 4.79 Å². The Balaban J connectivity index is 1.86. The monoisotopic (exact) mass is 348 g/mol. The van der Waals surface area contributed by atoms with E-state index < -0.39 is 18.0 Å². The van der Waals surface area contributed by atoms with Gasteiger partial charge in [0.25, 0.3) is 5.91 Å². The topological polar surface area (TPSA) is 77.5 Å². The van der Waals surface area contributed by atoms with E-state index in [0.29, 0.717) is 11.6 Å². The SMILES string of the molecule is COc1ccc(CNC(=O)[C@@H](C)OC(=O)c2cc(Cl)ccn2)cc1.